The average Bonchev–Trinajstić information content (AvgIpc) is 2.72. The van der Waals surface area contributed by atoms with Crippen molar-refractivity contribution in [1.29, 1.82) is 0 Å². The molecule has 0 unspecified atom stereocenters. The number of carbonyl (C=O) groups is 4. The van der Waals surface area contributed by atoms with Gasteiger partial charge in [0.1, 0.15) is 11.9 Å². The van der Waals surface area contributed by atoms with Gasteiger partial charge >= 0.3 is 17.9 Å². The number of hydrogen-bond acceptors (Lipinski definition) is 8. The lowest BCUT2D eigenvalue weighted by atomic mass is 9.47. The van der Waals surface area contributed by atoms with Crippen molar-refractivity contribution in [3.63, 3.8) is 0 Å². The van der Waals surface area contributed by atoms with E-state index in [1.165, 1.54) is 21.0 Å². The SMILES string of the molecule is COC(=O)[C@]1(C)CC[C@@H](OC(C)=O)[C@@]2(C)c3c(O)cc(C(C)C)cc3C(=O)[C@@H](OC(C)=O)[C@H]21. The topological polar surface area (TPSA) is 116 Å². The number of methoxy groups -OCH3 is 1. The molecular formula is C25H32O8. The third kappa shape index (κ3) is 3.79. The van der Waals surface area contributed by atoms with Gasteiger partial charge in [-0.1, -0.05) is 20.8 Å². The first-order valence-corrected chi connectivity index (χ1v) is 11.1. The second-order valence-corrected chi connectivity index (χ2v) is 9.82. The number of ketones is 1. The van der Waals surface area contributed by atoms with Gasteiger partial charge in [-0.3, -0.25) is 19.2 Å². The van der Waals surface area contributed by atoms with Gasteiger partial charge in [0.2, 0.25) is 5.78 Å². The molecule has 0 saturated heterocycles. The first kappa shape index (κ1) is 24.7. The van der Waals surface area contributed by atoms with Crippen LogP contribution in [0.5, 0.6) is 5.75 Å². The summed E-state index contributed by atoms with van der Waals surface area (Å²) < 4.78 is 16.4. The molecule has 0 heterocycles. The van der Waals surface area contributed by atoms with Gasteiger partial charge in [0.25, 0.3) is 0 Å². The third-order valence-electron chi connectivity index (χ3n) is 7.35. The molecule has 2 aliphatic rings. The van der Waals surface area contributed by atoms with Crippen LogP contribution in [0.25, 0.3) is 0 Å². The van der Waals surface area contributed by atoms with Gasteiger partial charge in [0, 0.05) is 36.3 Å². The van der Waals surface area contributed by atoms with Crippen LogP contribution < -0.4 is 0 Å². The van der Waals surface area contributed by atoms with E-state index in [4.69, 9.17) is 14.2 Å². The van der Waals surface area contributed by atoms with Crippen LogP contribution in [0.15, 0.2) is 12.1 Å². The van der Waals surface area contributed by atoms with Crippen molar-refractivity contribution in [1.82, 2.24) is 0 Å². The van der Waals surface area contributed by atoms with Crippen LogP contribution in [0.2, 0.25) is 0 Å². The molecule has 1 aromatic carbocycles. The number of fused-ring (bicyclic) bond motifs is 3. The molecule has 1 N–H and O–H groups in total. The van der Waals surface area contributed by atoms with Crippen molar-refractivity contribution in [2.75, 3.05) is 7.11 Å². The minimum absolute atomic E-state index is 0.0164. The minimum Gasteiger partial charge on any atom is -0.508 e. The lowest BCUT2D eigenvalue weighted by Crippen LogP contribution is -2.66. The van der Waals surface area contributed by atoms with Crippen LogP contribution >= 0.6 is 0 Å². The summed E-state index contributed by atoms with van der Waals surface area (Å²) in [5.41, 5.74) is -1.22. The van der Waals surface area contributed by atoms with Gasteiger partial charge in [-0.15, -0.1) is 0 Å². The van der Waals surface area contributed by atoms with Gasteiger partial charge in [-0.2, -0.15) is 0 Å². The quantitative estimate of drug-likeness (QED) is 0.537. The Kier molecular flexibility index (Phi) is 6.35. The zero-order valence-corrected chi connectivity index (χ0v) is 20.2. The maximum Gasteiger partial charge on any atom is 0.311 e. The van der Waals surface area contributed by atoms with E-state index in [0.717, 1.165) is 5.56 Å². The molecule has 1 saturated carbocycles. The van der Waals surface area contributed by atoms with Gasteiger partial charge in [-0.25, -0.2) is 0 Å². The van der Waals surface area contributed by atoms with Gasteiger partial charge in [0.05, 0.1) is 12.5 Å². The Morgan fingerprint density at radius 3 is 2.21 bits per heavy atom. The van der Waals surface area contributed by atoms with Crippen molar-refractivity contribution in [2.24, 2.45) is 11.3 Å². The minimum atomic E-state index is -1.32. The van der Waals surface area contributed by atoms with Gasteiger partial charge < -0.3 is 19.3 Å². The summed E-state index contributed by atoms with van der Waals surface area (Å²) in [5, 5.41) is 11.2. The molecule has 180 valence electrons. The van der Waals surface area contributed by atoms with E-state index in [9.17, 15) is 24.3 Å². The fraction of sp³-hybridized carbons (Fsp3) is 0.600. The predicted molar refractivity (Wildman–Crippen MR) is 118 cm³/mol. The number of aromatic hydroxyl groups is 1. The maximum atomic E-state index is 13.8. The maximum absolute atomic E-state index is 13.8. The van der Waals surface area contributed by atoms with Gasteiger partial charge in [0.15, 0.2) is 6.10 Å². The van der Waals surface area contributed by atoms with Crippen molar-refractivity contribution >= 4 is 23.7 Å². The number of carbonyl (C=O) groups excluding carboxylic acids is 4. The number of Topliss-reactive ketones (excluding diaryl/α,β-unsaturated/α-hetero) is 1. The molecule has 0 aromatic heterocycles. The number of hydrogen-bond donors (Lipinski definition) is 1. The second-order valence-electron chi connectivity index (χ2n) is 9.82. The summed E-state index contributed by atoms with van der Waals surface area (Å²) in [6.45, 7) is 9.76. The van der Waals surface area contributed by atoms with Crippen LogP contribution in [0.4, 0.5) is 0 Å². The molecule has 5 atom stereocenters. The van der Waals surface area contributed by atoms with Crippen LogP contribution in [0.1, 0.15) is 81.8 Å². The molecule has 0 aliphatic heterocycles. The highest BCUT2D eigenvalue weighted by Gasteiger charge is 2.67. The van der Waals surface area contributed by atoms with Gasteiger partial charge in [-0.05, 0) is 43.4 Å². The van der Waals surface area contributed by atoms with Crippen molar-refractivity contribution in [3.8, 4) is 5.75 Å². The molecule has 0 amide bonds. The number of phenolic OH excluding ortho intramolecular Hbond substituents is 1. The van der Waals surface area contributed by atoms with E-state index in [1.807, 2.05) is 13.8 Å². The monoisotopic (exact) mass is 460 g/mol. The third-order valence-corrected chi connectivity index (χ3v) is 7.35. The summed E-state index contributed by atoms with van der Waals surface area (Å²) in [6, 6.07) is 3.29. The fourth-order valence-corrected chi connectivity index (χ4v) is 5.90. The number of ether oxygens (including phenoxy) is 3. The number of phenols is 1. The highest BCUT2D eigenvalue weighted by Crippen LogP contribution is 2.60. The Balaban J connectivity index is 2.41. The molecule has 0 spiro atoms. The molecule has 8 heteroatoms. The second kappa shape index (κ2) is 8.47. The Morgan fingerprint density at radius 2 is 1.70 bits per heavy atom. The molecule has 3 rings (SSSR count). The predicted octanol–water partition coefficient (Wildman–Crippen LogP) is 3.42. The van der Waals surface area contributed by atoms with E-state index in [2.05, 4.69) is 0 Å². The van der Waals surface area contributed by atoms with Crippen molar-refractivity contribution < 1.29 is 38.5 Å². The average molecular weight is 461 g/mol. The highest BCUT2D eigenvalue weighted by molar-refractivity contribution is 6.05. The summed E-state index contributed by atoms with van der Waals surface area (Å²) in [6.07, 6.45) is -1.55. The van der Waals surface area contributed by atoms with Crippen LogP contribution in [0.3, 0.4) is 0 Å². The fourth-order valence-electron chi connectivity index (χ4n) is 5.90. The number of rotatable bonds is 4. The Morgan fingerprint density at radius 1 is 1.09 bits per heavy atom. The lowest BCUT2D eigenvalue weighted by molar-refractivity contribution is -0.187. The van der Waals surface area contributed by atoms with Crippen LogP contribution in [-0.2, 0) is 34.0 Å². The Labute approximate surface area is 193 Å². The van der Waals surface area contributed by atoms with Crippen molar-refractivity contribution in [3.05, 3.63) is 28.8 Å². The van der Waals surface area contributed by atoms with Crippen LogP contribution in [-0.4, -0.2) is 48.1 Å². The van der Waals surface area contributed by atoms with Crippen molar-refractivity contribution in [2.45, 2.75) is 77.9 Å². The first-order valence-electron chi connectivity index (χ1n) is 11.1. The zero-order chi connectivity index (χ0) is 24.9. The smallest absolute Gasteiger partial charge is 0.311 e. The summed E-state index contributed by atoms with van der Waals surface area (Å²) in [7, 11) is 1.26. The summed E-state index contributed by atoms with van der Waals surface area (Å²) in [5.74, 6) is -3.30. The molecule has 8 nitrogen and oxygen atoms in total. The number of benzene rings is 1. The van der Waals surface area contributed by atoms with E-state index in [1.54, 1.807) is 26.0 Å². The summed E-state index contributed by atoms with van der Waals surface area (Å²) in [4.78, 5) is 50.9. The number of esters is 3. The molecule has 33 heavy (non-hydrogen) atoms. The standard InChI is InChI=1S/C25H32O8/c1-12(2)15-10-16-19(17(28)11-15)25(6)18(32-13(3)26)8-9-24(5,23(30)31-7)22(25)21(20(16)29)33-14(4)27/h10-12,18,21-22,28H,8-9H2,1-7H3/t18-,21-,22+,24-,25+/m1/s1. The Bertz CT molecular complexity index is 1010. The van der Waals surface area contributed by atoms with E-state index in [-0.39, 0.29) is 23.7 Å². The Hall–Kier alpha value is -2.90. The summed E-state index contributed by atoms with van der Waals surface area (Å²) >= 11 is 0. The molecular weight excluding hydrogens is 428 g/mol. The van der Waals surface area contributed by atoms with E-state index in [0.29, 0.717) is 12.0 Å². The lowest BCUT2D eigenvalue weighted by Gasteiger charge is -2.57. The zero-order valence-electron chi connectivity index (χ0n) is 20.2. The molecule has 1 aromatic rings. The largest absolute Gasteiger partial charge is 0.508 e. The highest BCUT2D eigenvalue weighted by atomic mass is 16.6. The first-order chi connectivity index (χ1) is 15.3. The normalized spacial score (nSPS) is 30.8. The van der Waals surface area contributed by atoms with E-state index >= 15 is 0 Å². The van der Waals surface area contributed by atoms with E-state index < -0.39 is 52.6 Å². The molecule has 0 radical (unpaired) electrons. The molecule has 0 bridgehead atoms. The van der Waals surface area contributed by atoms with Crippen LogP contribution in [0, 0.1) is 11.3 Å². The molecule has 2 aliphatic carbocycles. The molecule has 1 fully saturated rings.